The lowest BCUT2D eigenvalue weighted by molar-refractivity contribution is 0.0894. The highest BCUT2D eigenvalue weighted by Gasteiger charge is 2.32. The average molecular weight is 519 g/mol. The van der Waals surface area contributed by atoms with Crippen molar-refractivity contribution in [3.05, 3.63) is 76.1 Å². The average Bonchev–Trinajstić information content (AvgIpc) is 2.91. The van der Waals surface area contributed by atoms with Crippen molar-refractivity contribution in [1.29, 1.82) is 5.26 Å². The Balaban J connectivity index is 1.83. The first-order chi connectivity index (χ1) is 17.6. The van der Waals surface area contributed by atoms with E-state index in [-0.39, 0.29) is 16.3 Å². The number of nitriles is 1. The summed E-state index contributed by atoms with van der Waals surface area (Å²) in [4.78, 5) is 39.6. The van der Waals surface area contributed by atoms with Crippen LogP contribution in [0, 0.1) is 18.3 Å². The lowest BCUT2D eigenvalue weighted by atomic mass is 9.85. The van der Waals surface area contributed by atoms with E-state index in [1.165, 1.54) is 6.20 Å². The number of aryl methyl sites for hydroxylation is 1. The van der Waals surface area contributed by atoms with E-state index in [0.29, 0.717) is 54.8 Å². The van der Waals surface area contributed by atoms with Gasteiger partial charge in [-0.15, -0.1) is 0 Å². The number of carbonyl (C=O) groups excluding carboxylic acids is 2. The maximum Gasteiger partial charge on any atom is 0.285 e. The van der Waals surface area contributed by atoms with Crippen molar-refractivity contribution in [2.24, 2.45) is 0 Å². The second-order valence-corrected chi connectivity index (χ2v) is 9.68. The SMILES string of the molecule is Cc1ccc(N)cc1N(C(=O)c1cccc(C(C)(C)C#N)c1)C(=O)c1nc(N2CCOCC2)ncc1Cl. The van der Waals surface area contributed by atoms with Crippen molar-refractivity contribution < 1.29 is 14.3 Å². The van der Waals surface area contributed by atoms with Gasteiger partial charge in [-0.05, 0) is 56.2 Å². The van der Waals surface area contributed by atoms with Crippen molar-refractivity contribution >= 4 is 40.7 Å². The number of rotatable bonds is 5. The minimum absolute atomic E-state index is 0.0146. The number of amides is 2. The number of ether oxygens (including phenoxy) is 1. The Labute approximate surface area is 220 Å². The van der Waals surface area contributed by atoms with Crippen LogP contribution in [0.1, 0.15) is 45.8 Å². The van der Waals surface area contributed by atoms with Crippen molar-refractivity contribution in [3.8, 4) is 6.07 Å². The molecule has 2 N–H and O–H groups in total. The Bertz CT molecular complexity index is 1400. The molecular weight excluding hydrogens is 492 g/mol. The zero-order valence-electron chi connectivity index (χ0n) is 20.9. The highest BCUT2D eigenvalue weighted by atomic mass is 35.5. The van der Waals surface area contributed by atoms with E-state index in [2.05, 4.69) is 16.0 Å². The van der Waals surface area contributed by atoms with Crippen LogP contribution < -0.4 is 15.5 Å². The number of hydrogen-bond acceptors (Lipinski definition) is 8. The lowest BCUT2D eigenvalue weighted by Crippen LogP contribution is -2.40. The third kappa shape index (κ3) is 5.40. The summed E-state index contributed by atoms with van der Waals surface area (Å²) in [5, 5.41) is 9.59. The summed E-state index contributed by atoms with van der Waals surface area (Å²) in [5.41, 5.74) is 7.32. The van der Waals surface area contributed by atoms with E-state index in [9.17, 15) is 14.9 Å². The number of imide groups is 1. The van der Waals surface area contributed by atoms with Crippen molar-refractivity contribution in [2.45, 2.75) is 26.2 Å². The molecule has 1 saturated heterocycles. The number of nitrogens with zero attached hydrogens (tertiary/aromatic N) is 5. The molecule has 190 valence electrons. The molecule has 4 rings (SSSR count). The van der Waals surface area contributed by atoms with Crippen LogP contribution in [-0.4, -0.2) is 48.1 Å². The Morgan fingerprint density at radius 3 is 2.59 bits per heavy atom. The van der Waals surface area contributed by atoms with E-state index in [1.54, 1.807) is 63.2 Å². The molecule has 37 heavy (non-hydrogen) atoms. The molecular formula is C27H27ClN6O3. The number of aromatic nitrogens is 2. The first-order valence-corrected chi connectivity index (χ1v) is 12.1. The topological polar surface area (TPSA) is 125 Å². The molecule has 2 amide bonds. The summed E-state index contributed by atoms with van der Waals surface area (Å²) in [6, 6.07) is 13.9. The molecule has 3 aromatic rings. The first-order valence-electron chi connectivity index (χ1n) is 11.7. The summed E-state index contributed by atoms with van der Waals surface area (Å²) in [7, 11) is 0. The first kappa shape index (κ1) is 26.1. The Kier molecular flexibility index (Phi) is 7.43. The van der Waals surface area contributed by atoms with E-state index >= 15 is 0 Å². The zero-order valence-corrected chi connectivity index (χ0v) is 21.6. The monoisotopic (exact) mass is 518 g/mol. The zero-order chi connectivity index (χ0) is 26.7. The molecule has 2 aromatic carbocycles. The van der Waals surface area contributed by atoms with Gasteiger partial charge in [0.2, 0.25) is 5.95 Å². The summed E-state index contributed by atoms with van der Waals surface area (Å²) in [5.74, 6) is -0.993. The van der Waals surface area contributed by atoms with Gasteiger partial charge in [0.25, 0.3) is 11.8 Å². The van der Waals surface area contributed by atoms with Gasteiger partial charge in [0, 0.05) is 24.3 Å². The molecule has 10 heteroatoms. The van der Waals surface area contributed by atoms with Gasteiger partial charge in [0.05, 0.1) is 41.6 Å². The van der Waals surface area contributed by atoms with Gasteiger partial charge in [-0.25, -0.2) is 14.9 Å². The number of nitrogens with two attached hydrogens (primary N) is 1. The number of hydrogen-bond donors (Lipinski definition) is 1. The summed E-state index contributed by atoms with van der Waals surface area (Å²) in [6.07, 6.45) is 1.36. The maximum absolute atomic E-state index is 14.0. The van der Waals surface area contributed by atoms with Gasteiger partial charge in [0.1, 0.15) is 0 Å². The van der Waals surface area contributed by atoms with Crippen LogP contribution >= 0.6 is 11.6 Å². The molecule has 2 heterocycles. The quantitative estimate of drug-likeness (QED) is 0.394. The minimum Gasteiger partial charge on any atom is -0.399 e. The number of morpholine rings is 1. The predicted molar refractivity (Wildman–Crippen MR) is 142 cm³/mol. The van der Waals surface area contributed by atoms with Crippen LogP contribution in [0.5, 0.6) is 0 Å². The van der Waals surface area contributed by atoms with Crippen LogP contribution in [-0.2, 0) is 10.2 Å². The summed E-state index contributed by atoms with van der Waals surface area (Å²) in [6.45, 7) is 7.44. The van der Waals surface area contributed by atoms with Crippen molar-refractivity contribution in [1.82, 2.24) is 9.97 Å². The Hall–Kier alpha value is -4.00. The predicted octanol–water partition coefficient (Wildman–Crippen LogP) is 4.15. The number of nitrogen functional groups attached to an aromatic ring is 1. The largest absolute Gasteiger partial charge is 0.399 e. The molecule has 1 aliphatic heterocycles. The molecule has 1 aromatic heterocycles. The number of anilines is 3. The molecule has 0 spiro atoms. The van der Waals surface area contributed by atoms with Crippen LogP contribution in [0.15, 0.2) is 48.7 Å². The van der Waals surface area contributed by atoms with E-state index in [0.717, 1.165) is 4.90 Å². The van der Waals surface area contributed by atoms with Gasteiger partial charge >= 0.3 is 0 Å². The second-order valence-electron chi connectivity index (χ2n) is 9.28. The van der Waals surface area contributed by atoms with Crippen LogP contribution in [0.2, 0.25) is 5.02 Å². The molecule has 1 aliphatic rings. The number of benzene rings is 2. The Morgan fingerprint density at radius 2 is 1.89 bits per heavy atom. The molecule has 0 unspecified atom stereocenters. The molecule has 0 radical (unpaired) electrons. The maximum atomic E-state index is 14.0. The van der Waals surface area contributed by atoms with Crippen LogP contribution in [0.3, 0.4) is 0 Å². The standard InChI is InChI=1S/C27H27ClN6O3/c1-17-7-8-20(30)14-22(17)34(24(35)18-5-4-6-19(13-18)27(2,3)16-29)25(36)23-21(28)15-31-26(32-23)33-9-11-37-12-10-33/h4-8,13-15H,9-12,30H2,1-3H3. The van der Waals surface area contributed by atoms with E-state index in [1.807, 2.05) is 4.90 Å². The smallest absolute Gasteiger partial charge is 0.285 e. The molecule has 1 fully saturated rings. The van der Waals surface area contributed by atoms with Gasteiger partial charge in [-0.1, -0.05) is 29.8 Å². The van der Waals surface area contributed by atoms with Crippen molar-refractivity contribution in [3.63, 3.8) is 0 Å². The molecule has 9 nitrogen and oxygen atoms in total. The van der Waals surface area contributed by atoms with E-state index < -0.39 is 17.2 Å². The minimum atomic E-state index is -0.832. The molecule has 0 bridgehead atoms. The fraction of sp³-hybridized carbons (Fsp3) is 0.296. The lowest BCUT2D eigenvalue weighted by Gasteiger charge is -2.28. The summed E-state index contributed by atoms with van der Waals surface area (Å²) >= 11 is 6.40. The van der Waals surface area contributed by atoms with Crippen LogP contribution in [0.25, 0.3) is 0 Å². The fourth-order valence-electron chi connectivity index (χ4n) is 3.94. The molecule has 0 atom stereocenters. The number of halogens is 1. The highest BCUT2D eigenvalue weighted by Crippen LogP contribution is 2.30. The summed E-state index contributed by atoms with van der Waals surface area (Å²) < 4.78 is 5.39. The van der Waals surface area contributed by atoms with Gasteiger partial charge < -0.3 is 15.4 Å². The van der Waals surface area contributed by atoms with Crippen LogP contribution in [0.4, 0.5) is 17.3 Å². The fourth-order valence-corrected chi connectivity index (χ4v) is 4.11. The Morgan fingerprint density at radius 1 is 1.16 bits per heavy atom. The van der Waals surface area contributed by atoms with Crippen molar-refractivity contribution in [2.75, 3.05) is 41.8 Å². The highest BCUT2D eigenvalue weighted by molar-refractivity contribution is 6.36. The third-order valence-electron chi connectivity index (χ3n) is 6.22. The second kappa shape index (κ2) is 10.5. The third-order valence-corrected chi connectivity index (χ3v) is 6.50. The van der Waals surface area contributed by atoms with Gasteiger partial charge in [-0.2, -0.15) is 5.26 Å². The number of carbonyl (C=O) groups is 2. The molecule has 0 saturated carbocycles. The van der Waals surface area contributed by atoms with Gasteiger partial charge in [0.15, 0.2) is 5.69 Å². The van der Waals surface area contributed by atoms with Gasteiger partial charge in [-0.3, -0.25) is 9.59 Å². The molecule has 0 aliphatic carbocycles. The van der Waals surface area contributed by atoms with E-state index in [4.69, 9.17) is 22.1 Å². The normalized spacial score (nSPS) is 13.6.